The van der Waals surface area contributed by atoms with E-state index < -0.39 is 21.8 Å². The topological polar surface area (TPSA) is 109 Å². The van der Waals surface area contributed by atoms with Crippen LogP contribution in [-0.2, 0) is 26.2 Å². The number of nitrogens with one attached hydrogen (secondary N) is 1. The molecule has 3 rings (SSSR count). The normalized spacial score (nSPS) is 17.3. The van der Waals surface area contributed by atoms with E-state index in [0.717, 1.165) is 22.2 Å². The van der Waals surface area contributed by atoms with Gasteiger partial charge in [-0.1, -0.05) is 25.1 Å². The van der Waals surface area contributed by atoms with Gasteiger partial charge < -0.3 is 4.74 Å². The molecule has 9 heteroatoms. The Morgan fingerprint density at radius 2 is 2.03 bits per heavy atom. The van der Waals surface area contributed by atoms with Gasteiger partial charge in [-0.05, 0) is 37.5 Å². The predicted octanol–water partition coefficient (Wildman–Crippen LogP) is 2.00. The molecule has 1 aliphatic rings. The molecule has 29 heavy (non-hydrogen) atoms. The number of para-hydroxylation sites is 1. The van der Waals surface area contributed by atoms with Crippen LogP contribution in [0, 0.1) is 12.8 Å². The van der Waals surface area contributed by atoms with Crippen molar-refractivity contribution in [1.29, 1.82) is 0 Å². The van der Waals surface area contributed by atoms with Crippen molar-refractivity contribution < 1.29 is 23.2 Å². The van der Waals surface area contributed by atoms with Crippen LogP contribution in [0.15, 0.2) is 30.3 Å². The number of sulfonamides is 1. The fourth-order valence-electron chi connectivity index (χ4n) is 3.61. The minimum absolute atomic E-state index is 0.0214. The van der Waals surface area contributed by atoms with Crippen molar-refractivity contribution in [1.82, 2.24) is 14.8 Å². The summed E-state index contributed by atoms with van der Waals surface area (Å²) in [4.78, 5) is 15.9. The van der Waals surface area contributed by atoms with E-state index in [0.29, 0.717) is 32.5 Å². The number of benzene rings is 1. The number of carbonyl (C=O) groups excluding carboxylic acids is 1. The number of amides is 1. The van der Waals surface area contributed by atoms with E-state index in [1.54, 1.807) is 0 Å². The van der Waals surface area contributed by atoms with E-state index in [4.69, 9.17) is 9.94 Å². The van der Waals surface area contributed by atoms with Gasteiger partial charge in [0.1, 0.15) is 0 Å². The first-order chi connectivity index (χ1) is 13.8. The standard InChI is InChI=1S/C20H27N3O5S/c1-14(20(24)22-25)13-29(26,27)23-9-7-17(8-10-23)28-12-16-11-15(2)21-19-6-4-3-5-18(16)19/h3-6,11,14,17,25H,7-10,12-13H2,1-2H3,(H,22,24). The Bertz CT molecular complexity index is 971. The number of carbonyl (C=O) groups is 1. The van der Waals surface area contributed by atoms with E-state index in [9.17, 15) is 13.2 Å². The SMILES string of the molecule is Cc1cc(COC2CCN(S(=O)(=O)CC(C)C(=O)NO)CC2)c2ccccc2n1. The van der Waals surface area contributed by atoms with Gasteiger partial charge in [0.15, 0.2) is 0 Å². The van der Waals surface area contributed by atoms with Gasteiger partial charge in [-0.25, -0.2) is 18.2 Å². The lowest BCUT2D eigenvalue weighted by atomic mass is 10.1. The van der Waals surface area contributed by atoms with Crippen LogP contribution in [0.25, 0.3) is 10.9 Å². The number of piperidine rings is 1. The maximum absolute atomic E-state index is 12.5. The summed E-state index contributed by atoms with van der Waals surface area (Å²) in [6, 6.07) is 9.97. The first kappa shape index (κ1) is 21.6. The minimum atomic E-state index is -3.57. The van der Waals surface area contributed by atoms with Crippen LogP contribution < -0.4 is 5.48 Å². The molecule has 1 aliphatic heterocycles. The Morgan fingerprint density at radius 3 is 2.72 bits per heavy atom. The Balaban J connectivity index is 1.56. The highest BCUT2D eigenvalue weighted by Crippen LogP contribution is 2.23. The number of hydrogen-bond donors (Lipinski definition) is 2. The summed E-state index contributed by atoms with van der Waals surface area (Å²) in [5.41, 5.74) is 4.45. The molecule has 1 aromatic carbocycles. The third-order valence-electron chi connectivity index (χ3n) is 5.22. The summed E-state index contributed by atoms with van der Waals surface area (Å²) >= 11 is 0. The molecule has 1 aromatic heterocycles. The molecule has 0 aliphatic carbocycles. The van der Waals surface area contributed by atoms with Gasteiger partial charge in [0, 0.05) is 24.2 Å². The van der Waals surface area contributed by atoms with E-state index >= 15 is 0 Å². The zero-order valence-electron chi connectivity index (χ0n) is 16.7. The average molecular weight is 422 g/mol. The molecular formula is C20H27N3O5S. The van der Waals surface area contributed by atoms with Crippen LogP contribution in [0.3, 0.4) is 0 Å². The van der Waals surface area contributed by atoms with E-state index in [2.05, 4.69) is 4.98 Å². The Morgan fingerprint density at radius 1 is 1.34 bits per heavy atom. The summed E-state index contributed by atoms with van der Waals surface area (Å²) < 4.78 is 32.5. The van der Waals surface area contributed by atoms with E-state index in [-0.39, 0.29) is 11.9 Å². The van der Waals surface area contributed by atoms with Crippen molar-refractivity contribution in [2.24, 2.45) is 5.92 Å². The Hall–Kier alpha value is -2.07. The molecule has 0 bridgehead atoms. The van der Waals surface area contributed by atoms with Crippen molar-refractivity contribution in [2.75, 3.05) is 18.8 Å². The maximum Gasteiger partial charge on any atom is 0.247 e. The number of nitrogens with zero attached hydrogens (tertiary/aromatic N) is 2. The van der Waals surface area contributed by atoms with Crippen molar-refractivity contribution in [3.63, 3.8) is 0 Å². The van der Waals surface area contributed by atoms with Gasteiger partial charge in [0.05, 0.1) is 29.9 Å². The second-order valence-electron chi connectivity index (χ2n) is 7.50. The smallest absolute Gasteiger partial charge is 0.247 e. The molecule has 0 spiro atoms. The fourth-order valence-corrected chi connectivity index (χ4v) is 5.37. The molecule has 1 atom stereocenters. The third kappa shape index (κ3) is 5.30. The van der Waals surface area contributed by atoms with E-state index in [1.807, 2.05) is 37.3 Å². The molecular weight excluding hydrogens is 394 g/mol. The zero-order valence-corrected chi connectivity index (χ0v) is 17.5. The Kier molecular flexibility index (Phi) is 6.84. The fraction of sp³-hybridized carbons (Fsp3) is 0.500. The average Bonchev–Trinajstić information content (AvgIpc) is 2.71. The largest absolute Gasteiger partial charge is 0.373 e. The second kappa shape index (κ2) is 9.17. The van der Waals surface area contributed by atoms with Gasteiger partial charge in [-0.15, -0.1) is 0 Å². The highest BCUT2D eigenvalue weighted by Gasteiger charge is 2.31. The highest BCUT2D eigenvalue weighted by molar-refractivity contribution is 7.89. The molecule has 0 saturated carbocycles. The van der Waals surface area contributed by atoms with Crippen LogP contribution in [0.1, 0.15) is 31.0 Å². The second-order valence-corrected chi connectivity index (χ2v) is 9.52. The summed E-state index contributed by atoms with van der Waals surface area (Å²) in [5, 5.41) is 9.72. The number of rotatable bonds is 7. The number of aryl methyl sites for hydroxylation is 1. The maximum atomic E-state index is 12.5. The molecule has 1 saturated heterocycles. The number of ether oxygens (including phenoxy) is 1. The lowest BCUT2D eigenvalue weighted by Gasteiger charge is -2.31. The van der Waals surface area contributed by atoms with Crippen molar-refractivity contribution in [2.45, 2.75) is 39.4 Å². The monoisotopic (exact) mass is 421 g/mol. The molecule has 2 heterocycles. The Labute approximate surface area is 170 Å². The third-order valence-corrected chi connectivity index (χ3v) is 7.29. The zero-order chi connectivity index (χ0) is 21.0. The molecule has 1 fully saturated rings. The molecule has 0 radical (unpaired) electrons. The molecule has 2 N–H and O–H groups in total. The van der Waals surface area contributed by atoms with Gasteiger partial charge in [0.25, 0.3) is 0 Å². The van der Waals surface area contributed by atoms with Crippen LogP contribution in [-0.4, -0.2) is 53.8 Å². The predicted molar refractivity (Wildman–Crippen MR) is 109 cm³/mol. The first-order valence-electron chi connectivity index (χ1n) is 9.69. The molecule has 2 aromatic rings. The number of hydrogen-bond acceptors (Lipinski definition) is 6. The van der Waals surface area contributed by atoms with Crippen molar-refractivity contribution in [3.05, 3.63) is 41.6 Å². The number of hydroxylamine groups is 1. The van der Waals surface area contributed by atoms with Gasteiger partial charge >= 0.3 is 0 Å². The van der Waals surface area contributed by atoms with Crippen LogP contribution >= 0.6 is 0 Å². The van der Waals surface area contributed by atoms with Crippen molar-refractivity contribution in [3.8, 4) is 0 Å². The van der Waals surface area contributed by atoms with E-state index in [1.165, 1.54) is 16.7 Å². The first-order valence-corrected chi connectivity index (χ1v) is 11.3. The minimum Gasteiger partial charge on any atom is -0.373 e. The summed E-state index contributed by atoms with van der Waals surface area (Å²) in [6.07, 6.45) is 1.18. The van der Waals surface area contributed by atoms with Crippen LogP contribution in [0.2, 0.25) is 0 Å². The van der Waals surface area contributed by atoms with Crippen LogP contribution in [0.5, 0.6) is 0 Å². The van der Waals surface area contributed by atoms with Gasteiger partial charge in [0.2, 0.25) is 15.9 Å². The summed E-state index contributed by atoms with van der Waals surface area (Å²) in [5.74, 6) is -1.85. The summed E-state index contributed by atoms with van der Waals surface area (Å²) in [6.45, 7) is 4.60. The molecule has 8 nitrogen and oxygen atoms in total. The quantitative estimate of drug-likeness (QED) is 0.523. The number of aromatic nitrogens is 1. The summed E-state index contributed by atoms with van der Waals surface area (Å²) in [7, 11) is -3.57. The molecule has 1 amide bonds. The number of fused-ring (bicyclic) bond motifs is 1. The molecule has 158 valence electrons. The van der Waals surface area contributed by atoms with Gasteiger partial charge in [-0.3, -0.25) is 15.0 Å². The van der Waals surface area contributed by atoms with Gasteiger partial charge in [-0.2, -0.15) is 0 Å². The van der Waals surface area contributed by atoms with Crippen molar-refractivity contribution >= 4 is 26.8 Å². The van der Waals surface area contributed by atoms with Crippen LogP contribution in [0.4, 0.5) is 0 Å². The highest BCUT2D eigenvalue weighted by atomic mass is 32.2. The number of pyridine rings is 1. The lowest BCUT2D eigenvalue weighted by Crippen LogP contribution is -2.44. The lowest BCUT2D eigenvalue weighted by molar-refractivity contribution is -0.132. The molecule has 1 unspecified atom stereocenters.